The van der Waals surface area contributed by atoms with Gasteiger partial charge in [-0.15, -0.1) is 0 Å². The van der Waals surface area contributed by atoms with Crippen molar-refractivity contribution < 1.29 is 5.11 Å². The molecule has 1 N–H and O–H groups in total. The van der Waals surface area contributed by atoms with Gasteiger partial charge in [0.05, 0.1) is 6.61 Å². The molecule has 0 aromatic carbocycles. The second-order valence-corrected chi connectivity index (χ2v) is 6.70. The van der Waals surface area contributed by atoms with Gasteiger partial charge >= 0.3 is 0 Å². The van der Waals surface area contributed by atoms with Gasteiger partial charge in [0.15, 0.2) is 0 Å². The van der Waals surface area contributed by atoms with E-state index in [0.717, 1.165) is 19.5 Å². The van der Waals surface area contributed by atoms with Crippen molar-refractivity contribution in [3.63, 3.8) is 0 Å². The third kappa shape index (κ3) is 10.7. The van der Waals surface area contributed by atoms with Gasteiger partial charge in [0.2, 0.25) is 0 Å². The summed E-state index contributed by atoms with van der Waals surface area (Å²) in [6.45, 7) is 4.18. The monoisotopic (exact) mass is 322 g/mol. The summed E-state index contributed by atoms with van der Waals surface area (Å²) in [5.74, 6) is 0. The lowest BCUT2D eigenvalue weighted by molar-refractivity contribution is 0.176. The molecule has 0 fully saturated rings. The zero-order valence-corrected chi connectivity index (χ0v) is 15.3. The minimum Gasteiger partial charge on any atom is -0.395 e. The van der Waals surface area contributed by atoms with Gasteiger partial charge in [-0.3, -0.25) is 9.89 Å². The van der Waals surface area contributed by atoms with Gasteiger partial charge in [0.1, 0.15) is 6.17 Å². The fourth-order valence-electron chi connectivity index (χ4n) is 3.16. The number of aliphatic hydroxyl groups is 1. The molecule has 0 bridgehead atoms. The Labute approximate surface area is 143 Å². The zero-order valence-electron chi connectivity index (χ0n) is 15.3. The summed E-state index contributed by atoms with van der Waals surface area (Å²) in [6.07, 6.45) is 22.9. The number of rotatable bonds is 15. The lowest BCUT2D eigenvalue weighted by Crippen LogP contribution is -2.32. The number of β-amino-alcohol motifs (C(OH)–C–C–N with tert-alkyl or cyclic N) is 1. The Kier molecular flexibility index (Phi) is 13.2. The molecule has 0 aliphatic carbocycles. The number of aliphatic imine (C=N–C) groups is 1. The third-order valence-corrected chi connectivity index (χ3v) is 4.63. The Bertz CT molecular complexity index is 315. The molecule has 0 aromatic rings. The summed E-state index contributed by atoms with van der Waals surface area (Å²) in [7, 11) is 0. The second-order valence-electron chi connectivity index (χ2n) is 6.70. The Morgan fingerprint density at radius 1 is 1.00 bits per heavy atom. The first-order chi connectivity index (χ1) is 11.4. The van der Waals surface area contributed by atoms with Crippen LogP contribution in [0.25, 0.3) is 0 Å². The highest BCUT2D eigenvalue weighted by Crippen LogP contribution is 2.15. The Morgan fingerprint density at radius 3 is 2.30 bits per heavy atom. The first kappa shape index (κ1) is 20.4. The maximum atomic E-state index is 9.02. The van der Waals surface area contributed by atoms with E-state index in [1.807, 2.05) is 6.21 Å². The van der Waals surface area contributed by atoms with E-state index >= 15 is 0 Å². The first-order valence-electron chi connectivity index (χ1n) is 9.90. The van der Waals surface area contributed by atoms with Gasteiger partial charge in [0.25, 0.3) is 0 Å². The topological polar surface area (TPSA) is 35.8 Å². The first-order valence-corrected chi connectivity index (χ1v) is 9.90. The molecule has 1 aliphatic rings. The number of hydrogen-bond donors (Lipinski definition) is 1. The van der Waals surface area contributed by atoms with Crippen LogP contribution in [-0.4, -0.2) is 42.1 Å². The van der Waals surface area contributed by atoms with Crippen LogP contribution in [0.15, 0.2) is 17.1 Å². The molecule has 1 atom stereocenters. The van der Waals surface area contributed by atoms with Crippen molar-refractivity contribution in [3.8, 4) is 0 Å². The maximum absolute atomic E-state index is 9.02. The van der Waals surface area contributed by atoms with E-state index in [1.54, 1.807) is 0 Å². The molecule has 23 heavy (non-hydrogen) atoms. The van der Waals surface area contributed by atoms with Crippen LogP contribution in [-0.2, 0) is 0 Å². The van der Waals surface area contributed by atoms with Gasteiger partial charge < -0.3 is 5.11 Å². The molecule has 0 saturated heterocycles. The number of unbranched alkanes of at least 4 members (excludes halogenated alkanes) is 9. The predicted molar refractivity (Wildman–Crippen MR) is 101 cm³/mol. The highest BCUT2D eigenvalue weighted by atomic mass is 16.3. The number of allylic oxidation sites excluding steroid dienone is 2. The minimum atomic E-state index is 0.241. The minimum absolute atomic E-state index is 0.241. The average Bonchev–Trinajstić information content (AvgIpc) is 2.99. The van der Waals surface area contributed by atoms with Gasteiger partial charge in [-0.1, -0.05) is 57.6 Å². The fraction of sp³-hybridized carbons (Fsp3) is 0.850. The van der Waals surface area contributed by atoms with E-state index in [9.17, 15) is 0 Å². The smallest absolute Gasteiger partial charge is 0.102 e. The van der Waals surface area contributed by atoms with Crippen LogP contribution >= 0.6 is 0 Å². The molecule has 1 rings (SSSR count). The molecule has 134 valence electrons. The van der Waals surface area contributed by atoms with Crippen molar-refractivity contribution in [2.24, 2.45) is 4.99 Å². The van der Waals surface area contributed by atoms with Crippen LogP contribution in [0.5, 0.6) is 0 Å². The van der Waals surface area contributed by atoms with E-state index in [2.05, 4.69) is 29.0 Å². The summed E-state index contributed by atoms with van der Waals surface area (Å²) in [5.41, 5.74) is 0. The van der Waals surface area contributed by atoms with Gasteiger partial charge in [-0.05, 0) is 38.5 Å². The van der Waals surface area contributed by atoms with Gasteiger partial charge in [0, 0.05) is 19.3 Å². The molecule has 3 heteroatoms. The molecule has 0 saturated carbocycles. The van der Waals surface area contributed by atoms with E-state index in [1.165, 1.54) is 70.6 Å². The average molecular weight is 323 g/mol. The van der Waals surface area contributed by atoms with Crippen LogP contribution in [0.1, 0.15) is 84.0 Å². The van der Waals surface area contributed by atoms with Crippen molar-refractivity contribution in [2.75, 3.05) is 19.7 Å². The normalized spacial score (nSPS) is 18.4. The Balaban J connectivity index is 1.85. The molecule has 0 aromatic heterocycles. The molecule has 1 unspecified atom stereocenters. The van der Waals surface area contributed by atoms with Gasteiger partial charge in [-0.25, -0.2) is 0 Å². The third-order valence-electron chi connectivity index (χ3n) is 4.63. The molecular weight excluding hydrogens is 284 g/mol. The van der Waals surface area contributed by atoms with Crippen LogP contribution in [0.2, 0.25) is 0 Å². The van der Waals surface area contributed by atoms with Crippen LogP contribution in [0.3, 0.4) is 0 Å². The molecule has 0 amide bonds. The fourth-order valence-corrected chi connectivity index (χ4v) is 3.16. The lowest BCUT2D eigenvalue weighted by Gasteiger charge is -2.21. The summed E-state index contributed by atoms with van der Waals surface area (Å²) >= 11 is 0. The summed E-state index contributed by atoms with van der Waals surface area (Å²) < 4.78 is 0. The van der Waals surface area contributed by atoms with Crippen molar-refractivity contribution >= 4 is 6.21 Å². The highest BCUT2D eigenvalue weighted by molar-refractivity contribution is 5.62. The Morgan fingerprint density at radius 2 is 1.65 bits per heavy atom. The van der Waals surface area contributed by atoms with Crippen LogP contribution in [0.4, 0.5) is 0 Å². The maximum Gasteiger partial charge on any atom is 0.102 e. The SMILES string of the molecule is CCCCCCC/C=C/CCCCCCC1N=CCN1CCO. The number of aliphatic hydroxyl groups excluding tert-OH is 1. The van der Waals surface area contributed by atoms with Crippen LogP contribution in [0, 0.1) is 0 Å². The van der Waals surface area contributed by atoms with Crippen molar-refractivity contribution in [2.45, 2.75) is 90.1 Å². The standard InChI is InChI=1S/C20H38N2O/c1-2-3-4-5-6-7-8-9-10-11-12-13-14-15-20-21-16-17-22(20)18-19-23/h8-9,16,20,23H,2-7,10-15,17-19H2,1H3/b9-8+. The van der Waals surface area contributed by atoms with E-state index in [0.29, 0.717) is 6.17 Å². The number of hydrogen-bond acceptors (Lipinski definition) is 3. The largest absolute Gasteiger partial charge is 0.395 e. The molecule has 3 nitrogen and oxygen atoms in total. The van der Waals surface area contributed by atoms with Crippen molar-refractivity contribution in [1.82, 2.24) is 4.90 Å². The van der Waals surface area contributed by atoms with E-state index in [-0.39, 0.29) is 6.61 Å². The highest BCUT2D eigenvalue weighted by Gasteiger charge is 2.19. The summed E-state index contributed by atoms with van der Waals surface area (Å²) in [4.78, 5) is 6.78. The zero-order chi connectivity index (χ0) is 16.6. The molecule has 0 radical (unpaired) electrons. The molecular formula is C20H38N2O. The van der Waals surface area contributed by atoms with Crippen molar-refractivity contribution in [3.05, 3.63) is 12.2 Å². The number of nitrogens with zero attached hydrogens (tertiary/aromatic N) is 2. The second kappa shape index (κ2) is 14.9. The molecule has 0 spiro atoms. The molecule has 1 aliphatic heterocycles. The van der Waals surface area contributed by atoms with E-state index < -0.39 is 0 Å². The van der Waals surface area contributed by atoms with Crippen LogP contribution < -0.4 is 0 Å². The Hall–Kier alpha value is -0.670. The van der Waals surface area contributed by atoms with E-state index in [4.69, 9.17) is 5.11 Å². The molecule has 1 heterocycles. The predicted octanol–water partition coefficient (Wildman–Crippen LogP) is 4.95. The summed E-state index contributed by atoms with van der Waals surface area (Å²) in [6, 6.07) is 0. The lowest BCUT2D eigenvalue weighted by atomic mass is 10.1. The van der Waals surface area contributed by atoms with Gasteiger partial charge in [-0.2, -0.15) is 0 Å². The summed E-state index contributed by atoms with van der Waals surface area (Å²) in [5, 5.41) is 9.02. The quantitative estimate of drug-likeness (QED) is 0.342. The van der Waals surface area contributed by atoms with Crippen molar-refractivity contribution in [1.29, 1.82) is 0 Å².